The maximum absolute atomic E-state index is 14.4. The molecule has 38 heavy (non-hydrogen) atoms. The van der Waals surface area contributed by atoms with E-state index in [1.54, 1.807) is 15.6 Å². The predicted molar refractivity (Wildman–Crippen MR) is 156 cm³/mol. The number of nitrogens with zero attached hydrogens (tertiary/aromatic N) is 6. The SMILES string of the molecule is [B]c1cc(CN2C(=O)CCn3nc(/C(=C(\C)CC)N(C)C(C)C)cc32)ccc1-n1nc(C(C)(F)P)cc1C. The molecule has 3 heterocycles. The fourth-order valence-corrected chi connectivity index (χ4v) is 4.84. The highest BCUT2D eigenvalue weighted by atomic mass is 31.0. The Morgan fingerprint density at radius 1 is 1.26 bits per heavy atom. The van der Waals surface area contributed by atoms with Gasteiger partial charge in [-0.25, -0.2) is 13.8 Å². The quantitative estimate of drug-likeness (QED) is 0.313. The largest absolute Gasteiger partial charge is 0.370 e. The van der Waals surface area contributed by atoms with Crippen molar-refractivity contribution in [2.75, 3.05) is 11.9 Å². The van der Waals surface area contributed by atoms with Crippen LogP contribution in [0.1, 0.15) is 70.1 Å². The number of fused-ring (bicyclic) bond motifs is 1. The zero-order chi connectivity index (χ0) is 27.9. The van der Waals surface area contributed by atoms with Crippen LogP contribution in [0.5, 0.6) is 0 Å². The number of allylic oxidation sites excluding steroid dienone is 1. The molecule has 0 N–H and O–H groups in total. The summed E-state index contributed by atoms with van der Waals surface area (Å²) in [5.41, 5.74) is 6.41. The van der Waals surface area contributed by atoms with Crippen molar-refractivity contribution in [2.24, 2.45) is 0 Å². The lowest BCUT2D eigenvalue weighted by molar-refractivity contribution is -0.119. The maximum Gasteiger partial charge on any atom is 0.230 e. The van der Waals surface area contributed by atoms with E-state index in [9.17, 15) is 9.18 Å². The first-order valence-electron chi connectivity index (χ1n) is 13.1. The first-order chi connectivity index (χ1) is 17.8. The summed E-state index contributed by atoms with van der Waals surface area (Å²) in [5, 5.41) is 7.70. The summed E-state index contributed by atoms with van der Waals surface area (Å²) in [6.07, 6.45) is 1.31. The summed E-state index contributed by atoms with van der Waals surface area (Å²) in [6, 6.07) is 9.71. The van der Waals surface area contributed by atoms with Gasteiger partial charge in [-0.15, -0.1) is 0 Å². The minimum atomic E-state index is -1.63. The number of carbonyl (C=O) groups is 1. The first kappa shape index (κ1) is 28.1. The predicted octanol–water partition coefficient (Wildman–Crippen LogP) is 4.61. The molecule has 7 nitrogen and oxygen atoms in total. The maximum atomic E-state index is 14.4. The lowest BCUT2D eigenvalue weighted by Gasteiger charge is -2.28. The van der Waals surface area contributed by atoms with Gasteiger partial charge in [0.25, 0.3) is 0 Å². The molecule has 0 saturated heterocycles. The van der Waals surface area contributed by atoms with Gasteiger partial charge in [-0.2, -0.15) is 10.2 Å². The lowest BCUT2D eigenvalue weighted by atomic mass is 9.92. The number of halogens is 1. The van der Waals surface area contributed by atoms with E-state index < -0.39 is 5.41 Å². The molecule has 3 aromatic rings. The topological polar surface area (TPSA) is 59.2 Å². The summed E-state index contributed by atoms with van der Waals surface area (Å²) in [4.78, 5) is 17.1. The van der Waals surface area contributed by atoms with E-state index in [4.69, 9.17) is 12.9 Å². The summed E-state index contributed by atoms with van der Waals surface area (Å²) in [7, 11) is 10.7. The zero-order valence-corrected chi connectivity index (χ0v) is 24.6. The molecule has 1 aromatic carbocycles. The fourth-order valence-electron chi connectivity index (χ4n) is 4.70. The number of aryl methyl sites for hydroxylation is 2. The van der Waals surface area contributed by atoms with Crippen LogP contribution >= 0.6 is 9.24 Å². The van der Waals surface area contributed by atoms with E-state index >= 15 is 0 Å². The Morgan fingerprint density at radius 3 is 2.55 bits per heavy atom. The van der Waals surface area contributed by atoms with Gasteiger partial charge in [0.15, 0.2) is 5.41 Å². The van der Waals surface area contributed by atoms with Crippen molar-refractivity contribution in [3.05, 3.63) is 58.6 Å². The van der Waals surface area contributed by atoms with E-state index in [1.165, 1.54) is 12.5 Å². The number of rotatable bonds is 8. The molecule has 1 aliphatic rings. The molecule has 0 saturated carbocycles. The van der Waals surface area contributed by atoms with Crippen LogP contribution < -0.4 is 10.4 Å². The minimum Gasteiger partial charge on any atom is -0.370 e. The van der Waals surface area contributed by atoms with Gasteiger partial charge in [-0.05, 0) is 64.3 Å². The second kappa shape index (κ2) is 10.7. The highest BCUT2D eigenvalue weighted by Crippen LogP contribution is 2.33. The highest BCUT2D eigenvalue weighted by Gasteiger charge is 2.29. The summed E-state index contributed by atoms with van der Waals surface area (Å²) < 4.78 is 18.0. The number of carbonyl (C=O) groups excluding carboxylic acids is 1. The minimum absolute atomic E-state index is 0.0526. The van der Waals surface area contributed by atoms with Crippen LogP contribution in [0.4, 0.5) is 10.2 Å². The molecule has 4 rings (SSSR count). The van der Waals surface area contributed by atoms with Crippen LogP contribution in [0, 0.1) is 6.92 Å². The van der Waals surface area contributed by atoms with E-state index in [1.807, 2.05) is 35.9 Å². The van der Waals surface area contributed by atoms with Crippen molar-refractivity contribution < 1.29 is 9.18 Å². The molecule has 2 aromatic heterocycles. The van der Waals surface area contributed by atoms with Crippen LogP contribution in [0.15, 0.2) is 35.9 Å². The van der Waals surface area contributed by atoms with Crippen molar-refractivity contribution in [2.45, 2.75) is 78.9 Å². The third-order valence-corrected chi connectivity index (χ3v) is 7.52. The van der Waals surface area contributed by atoms with Gasteiger partial charge < -0.3 is 4.90 Å². The Morgan fingerprint density at radius 2 is 1.97 bits per heavy atom. The van der Waals surface area contributed by atoms with Gasteiger partial charge in [0.05, 0.1) is 24.5 Å². The highest BCUT2D eigenvalue weighted by molar-refractivity contribution is 7.18. The molecule has 10 heteroatoms. The van der Waals surface area contributed by atoms with Crippen molar-refractivity contribution in [1.82, 2.24) is 24.5 Å². The van der Waals surface area contributed by atoms with E-state index in [-0.39, 0.29) is 5.91 Å². The normalized spacial score (nSPS) is 15.9. The summed E-state index contributed by atoms with van der Waals surface area (Å²) in [5.74, 6) is 0.837. The number of anilines is 1. The average Bonchev–Trinajstić information content (AvgIpc) is 3.44. The molecule has 2 radical (unpaired) electrons. The smallest absolute Gasteiger partial charge is 0.230 e. The summed E-state index contributed by atoms with van der Waals surface area (Å²) in [6.45, 7) is 12.8. The molecule has 1 amide bonds. The number of hydrogen-bond acceptors (Lipinski definition) is 4. The number of hydrogen-bond donors (Lipinski definition) is 0. The van der Waals surface area contributed by atoms with Crippen molar-refractivity contribution in [1.29, 1.82) is 0 Å². The van der Waals surface area contributed by atoms with Gasteiger partial charge in [0.1, 0.15) is 25.1 Å². The van der Waals surface area contributed by atoms with Gasteiger partial charge >= 0.3 is 0 Å². The number of alkyl halides is 1. The Bertz CT molecular complexity index is 1390. The van der Waals surface area contributed by atoms with Gasteiger partial charge in [-0.1, -0.05) is 33.8 Å². The van der Waals surface area contributed by atoms with Crippen molar-refractivity contribution >= 4 is 40.0 Å². The van der Waals surface area contributed by atoms with E-state index in [2.05, 4.69) is 54.0 Å². The first-order valence-corrected chi connectivity index (χ1v) is 13.6. The Balaban J connectivity index is 1.66. The Labute approximate surface area is 228 Å². The second-order valence-corrected chi connectivity index (χ2v) is 11.7. The van der Waals surface area contributed by atoms with Crippen LogP contribution in [-0.2, 0) is 23.3 Å². The summed E-state index contributed by atoms with van der Waals surface area (Å²) >= 11 is 0. The number of benzene rings is 1. The van der Waals surface area contributed by atoms with Gasteiger partial charge in [-0.3, -0.25) is 9.69 Å². The van der Waals surface area contributed by atoms with Crippen LogP contribution in [0.3, 0.4) is 0 Å². The van der Waals surface area contributed by atoms with E-state index in [0.717, 1.165) is 34.9 Å². The number of amides is 1. The Hall–Kier alpha value is -2.93. The van der Waals surface area contributed by atoms with Crippen LogP contribution in [0.2, 0.25) is 0 Å². The third kappa shape index (κ3) is 5.44. The van der Waals surface area contributed by atoms with Gasteiger partial charge in [0.2, 0.25) is 5.91 Å². The average molecular weight is 534 g/mol. The molecule has 0 fully saturated rings. The molecule has 2 unspecified atom stereocenters. The molecule has 0 bridgehead atoms. The standard InChI is InChI=1S/C28H37BFN6OP/c1-8-18(4)27(33(7)17(2)3)22-15-25-34(26(37)11-12-35(25)31-22)16-20-9-10-23(21(29)14-20)36-19(5)13-24(32-36)28(6,30)38/h9-10,13-15,17H,8,11-12,16,38H2,1-7H3/b27-18-. The molecule has 200 valence electrons. The molecule has 0 aliphatic carbocycles. The molecule has 1 aliphatic heterocycles. The molecular formula is C28H37BFN6OP. The van der Waals surface area contributed by atoms with E-state index in [0.29, 0.717) is 42.4 Å². The van der Waals surface area contributed by atoms with Crippen molar-refractivity contribution in [3.63, 3.8) is 0 Å². The molecule has 0 spiro atoms. The second-order valence-electron chi connectivity index (χ2n) is 10.6. The number of aromatic nitrogens is 4. The molecular weight excluding hydrogens is 497 g/mol. The van der Waals surface area contributed by atoms with Crippen LogP contribution in [0.25, 0.3) is 11.4 Å². The third-order valence-electron chi connectivity index (χ3n) is 7.23. The monoisotopic (exact) mass is 534 g/mol. The van der Waals surface area contributed by atoms with Gasteiger partial charge in [0, 0.05) is 31.3 Å². The Kier molecular flexibility index (Phi) is 7.90. The van der Waals surface area contributed by atoms with Crippen LogP contribution in [-0.4, -0.2) is 51.3 Å². The van der Waals surface area contributed by atoms with Crippen molar-refractivity contribution in [3.8, 4) is 5.69 Å². The lowest BCUT2D eigenvalue weighted by Crippen LogP contribution is -2.37. The molecule has 2 atom stereocenters. The zero-order valence-electron chi connectivity index (χ0n) is 23.4. The fraction of sp³-hybridized carbons (Fsp3) is 0.464.